The van der Waals surface area contributed by atoms with Crippen molar-refractivity contribution >= 4 is 11.9 Å². The Balaban J connectivity index is 2.60. The highest BCUT2D eigenvalue weighted by atomic mass is 16.4. The molecule has 3 N–H and O–H groups in total. The number of amides is 1. The Morgan fingerprint density at radius 3 is 2.27 bits per heavy atom. The van der Waals surface area contributed by atoms with Crippen LogP contribution in [0.4, 0.5) is 0 Å². The van der Waals surface area contributed by atoms with Gasteiger partial charge in [0.15, 0.2) is 0 Å². The maximum atomic E-state index is 11.6. The molecule has 0 saturated heterocycles. The van der Waals surface area contributed by atoms with Crippen LogP contribution in [0.15, 0.2) is 0 Å². The summed E-state index contributed by atoms with van der Waals surface area (Å²) in [6, 6.07) is -0.330. The van der Waals surface area contributed by atoms with Crippen molar-refractivity contribution in [3.8, 4) is 0 Å². The zero-order chi connectivity index (χ0) is 11.8. The molecule has 1 fully saturated rings. The molecule has 5 heteroatoms. The van der Waals surface area contributed by atoms with E-state index in [1.807, 2.05) is 0 Å². The lowest BCUT2D eigenvalue weighted by atomic mass is 10.1. The van der Waals surface area contributed by atoms with Crippen molar-refractivity contribution in [1.82, 2.24) is 5.32 Å². The minimum absolute atomic E-state index is 0.142. The predicted molar refractivity (Wildman–Crippen MR) is 53.1 cm³/mol. The van der Waals surface area contributed by atoms with Gasteiger partial charge in [-0.1, -0.05) is 13.8 Å². The van der Waals surface area contributed by atoms with Gasteiger partial charge in [0.05, 0.1) is 18.4 Å². The van der Waals surface area contributed by atoms with Crippen LogP contribution in [0.2, 0.25) is 0 Å². The highest BCUT2D eigenvalue weighted by Crippen LogP contribution is 2.58. The number of carboxylic acid groups (broad SMARTS) is 1. The summed E-state index contributed by atoms with van der Waals surface area (Å²) in [4.78, 5) is 22.4. The van der Waals surface area contributed by atoms with Crippen molar-refractivity contribution in [2.45, 2.75) is 26.8 Å². The summed E-state index contributed by atoms with van der Waals surface area (Å²) in [7, 11) is 0. The largest absolute Gasteiger partial charge is 0.481 e. The molecule has 0 radical (unpaired) electrons. The molecule has 86 valence electrons. The van der Waals surface area contributed by atoms with E-state index in [9.17, 15) is 9.59 Å². The number of carbonyl (C=O) groups is 2. The second-order valence-corrected chi connectivity index (χ2v) is 4.71. The van der Waals surface area contributed by atoms with E-state index >= 15 is 0 Å². The summed E-state index contributed by atoms with van der Waals surface area (Å²) in [5.41, 5.74) is -0.481. The Labute approximate surface area is 88.5 Å². The summed E-state index contributed by atoms with van der Waals surface area (Å²) in [6.07, 6.45) is 0. The SMILES string of the molecule is C[C@H](CO)NC(=O)C1C(C(=O)O)C1(C)C. The van der Waals surface area contributed by atoms with E-state index in [0.29, 0.717) is 0 Å². The maximum absolute atomic E-state index is 11.6. The van der Waals surface area contributed by atoms with E-state index in [4.69, 9.17) is 10.2 Å². The van der Waals surface area contributed by atoms with Crippen LogP contribution in [0.25, 0.3) is 0 Å². The highest BCUT2D eigenvalue weighted by Gasteiger charge is 2.65. The number of nitrogens with one attached hydrogen (secondary N) is 1. The van der Waals surface area contributed by atoms with Gasteiger partial charge in [-0.3, -0.25) is 9.59 Å². The third-order valence-corrected chi connectivity index (χ3v) is 3.04. The van der Waals surface area contributed by atoms with E-state index in [-0.39, 0.29) is 18.6 Å². The Hall–Kier alpha value is -1.10. The smallest absolute Gasteiger partial charge is 0.307 e. The molecule has 0 heterocycles. The van der Waals surface area contributed by atoms with Gasteiger partial charge in [0.2, 0.25) is 5.91 Å². The molecule has 0 bridgehead atoms. The van der Waals surface area contributed by atoms with Crippen LogP contribution in [0.3, 0.4) is 0 Å². The minimum Gasteiger partial charge on any atom is -0.481 e. The number of aliphatic carboxylic acids is 1. The number of carbonyl (C=O) groups excluding carboxylic acids is 1. The van der Waals surface area contributed by atoms with Crippen LogP contribution >= 0.6 is 0 Å². The fourth-order valence-electron chi connectivity index (χ4n) is 1.97. The normalized spacial score (nSPS) is 29.3. The molecular formula is C10H17NO4. The predicted octanol–water partition coefficient (Wildman–Crippen LogP) is -0.160. The van der Waals surface area contributed by atoms with Gasteiger partial charge < -0.3 is 15.5 Å². The van der Waals surface area contributed by atoms with Crippen LogP contribution in [0, 0.1) is 17.3 Å². The standard InChI is InChI=1S/C10H17NO4/c1-5(4-12)11-8(13)6-7(9(14)15)10(6,2)3/h5-7,12H,4H2,1-3H3,(H,11,13)(H,14,15)/t5-,6?,7?/m1/s1. The Bertz CT molecular complexity index is 287. The van der Waals surface area contributed by atoms with Gasteiger partial charge in [0, 0.05) is 6.04 Å². The maximum Gasteiger partial charge on any atom is 0.307 e. The number of rotatable bonds is 4. The van der Waals surface area contributed by atoms with Crippen LogP contribution in [-0.2, 0) is 9.59 Å². The van der Waals surface area contributed by atoms with Gasteiger partial charge >= 0.3 is 5.97 Å². The molecule has 0 aromatic carbocycles. The first kappa shape index (κ1) is 12.0. The highest BCUT2D eigenvalue weighted by molar-refractivity contribution is 5.91. The topological polar surface area (TPSA) is 86.6 Å². The third kappa shape index (κ3) is 2.12. The first-order valence-electron chi connectivity index (χ1n) is 4.96. The number of carboxylic acids is 1. The second kappa shape index (κ2) is 3.81. The Morgan fingerprint density at radius 2 is 1.93 bits per heavy atom. The lowest BCUT2D eigenvalue weighted by Gasteiger charge is -2.11. The first-order valence-corrected chi connectivity index (χ1v) is 4.96. The average Bonchev–Trinajstić information content (AvgIpc) is 2.68. The molecule has 0 aromatic rings. The van der Waals surface area contributed by atoms with Gasteiger partial charge in [-0.2, -0.15) is 0 Å². The van der Waals surface area contributed by atoms with E-state index in [0.717, 1.165) is 0 Å². The fraction of sp³-hybridized carbons (Fsp3) is 0.800. The molecule has 1 aliphatic rings. The van der Waals surface area contributed by atoms with Gasteiger partial charge in [0.1, 0.15) is 0 Å². The zero-order valence-electron chi connectivity index (χ0n) is 9.15. The number of aliphatic hydroxyl groups is 1. The Kier molecular flexibility index (Phi) is 3.04. The van der Waals surface area contributed by atoms with E-state index in [1.54, 1.807) is 20.8 Å². The van der Waals surface area contributed by atoms with Crippen LogP contribution in [0.1, 0.15) is 20.8 Å². The minimum atomic E-state index is -0.934. The molecule has 2 unspecified atom stereocenters. The van der Waals surface area contributed by atoms with Crippen LogP contribution < -0.4 is 5.32 Å². The molecule has 1 aliphatic carbocycles. The van der Waals surface area contributed by atoms with Crippen molar-refractivity contribution in [3.05, 3.63) is 0 Å². The molecule has 0 spiro atoms. The zero-order valence-corrected chi connectivity index (χ0v) is 9.15. The lowest BCUT2D eigenvalue weighted by molar-refractivity contribution is -0.140. The number of hydrogen-bond donors (Lipinski definition) is 3. The van der Waals surface area contributed by atoms with E-state index < -0.39 is 23.2 Å². The number of hydrogen-bond acceptors (Lipinski definition) is 3. The summed E-state index contributed by atoms with van der Waals surface area (Å²) >= 11 is 0. The van der Waals surface area contributed by atoms with Crippen LogP contribution in [0.5, 0.6) is 0 Å². The average molecular weight is 215 g/mol. The van der Waals surface area contributed by atoms with Gasteiger partial charge in [-0.25, -0.2) is 0 Å². The number of aliphatic hydroxyl groups excluding tert-OH is 1. The molecule has 1 saturated carbocycles. The van der Waals surface area contributed by atoms with E-state index in [1.165, 1.54) is 0 Å². The molecule has 1 amide bonds. The molecule has 5 nitrogen and oxygen atoms in total. The molecular weight excluding hydrogens is 198 g/mol. The van der Waals surface area contributed by atoms with Crippen molar-refractivity contribution in [1.29, 1.82) is 0 Å². The van der Waals surface area contributed by atoms with Crippen LogP contribution in [-0.4, -0.2) is 34.7 Å². The first-order chi connectivity index (χ1) is 6.82. The third-order valence-electron chi connectivity index (χ3n) is 3.04. The monoisotopic (exact) mass is 215 g/mol. The van der Waals surface area contributed by atoms with Crippen molar-refractivity contribution in [2.24, 2.45) is 17.3 Å². The molecule has 15 heavy (non-hydrogen) atoms. The Morgan fingerprint density at radius 1 is 1.40 bits per heavy atom. The summed E-state index contributed by atoms with van der Waals surface area (Å²) in [5.74, 6) is -2.31. The quantitative estimate of drug-likeness (QED) is 0.608. The summed E-state index contributed by atoms with van der Waals surface area (Å²) in [6.45, 7) is 5.05. The van der Waals surface area contributed by atoms with Gasteiger partial charge in [0.25, 0.3) is 0 Å². The second-order valence-electron chi connectivity index (χ2n) is 4.71. The summed E-state index contributed by atoms with van der Waals surface area (Å²) in [5, 5.41) is 20.2. The fourth-order valence-corrected chi connectivity index (χ4v) is 1.97. The van der Waals surface area contributed by atoms with Crippen molar-refractivity contribution in [2.75, 3.05) is 6.61 Å². The van der Waals surface area contributed by atoms with Gasteiger partial charge in [-0.05, 0) is 12.3 Å². The lowest BCUT2D eigenvalue weighted by Crippen LogP contribution is -2.37. The van der Waals surface area contributed by atoms with Crippen molar-refractivity contribution in [3.63, 3.8) is 0 Å². The molecule has 0 aromatic heterocycles. The van der Waals surface area contributed by atoms with Gasteiger partial charge in [-0.15, -0.1) is 0 Å². The summed E-state index contributed by atoms with van der Waals surface area (Å²) < 4.78 is 0. The molecule has 1 rings (SSSR count). The molecule has 0 aliphatic heterocycles. The van der Waals surface area contributed by atoms with Crippen molar-refractivity contribution < 1.29 is 19.8 Å². The molecule has 3 atom stereocenters. The van der Waals surface area contributed by atoms with E-state index in [2.05, 4.69) is 5.32 Å².